The van der Waals surface area contributed by atoms with E-state index in [2.05, 4.69) is 12.2 Å². The molecule has 0 saturated heterocycles. The van der Waals surface area contributed by atoms with Gasteiger partial charge in [0.2, 0.25) is 0 Å². The van der Waals surface area contributed by atoms with Crippen molar-refractivity contribution < 1.29 is 19.4 Å². The number of nitrogens with one attached hydrogen (secondary N) is 1. The molecule has 0 saturated carbocycles. The number of hydrogen-bond donors (Lipinski definition) is 2. The first-order valence-electron chi connectivity index (χ1n) is 6.52. The van der Waals surface area contributed by atoms with Gasteiger partial charge in [-0.25, -0.2) is 4.79 Å². The van der Waals surface area contributed by atoms with Gasteiger partial charge in [0.05, 0.1) is 0 Å². The molecule has 2 N–H and O–H groups in total. The molecule has 0 bridgehead atoms. The van der Waals surface area contributed by atoms with Crippen LogP contribution in [0.15, 0.2) is 30.3 Å². The molecule has 20 heavy (non-hydrogen) atoms. The molecule has 1 aromatic rings. The zero-order valence-corrected chi connectivity index (χ0v) is 11.5. The van der Waals surface area contributed by atoms with Crippen LogP contribution in [0.2, 0.25) is 0 Å². The SMILES string of the molecule is CCCCNC(=O)COc1cccc(C=CC(=O)O)c1. The summed E-state index contributed by atoms with van der Waals surface area (Å²) >= 11 is 0. The summed E-state index contributed by atoms with van der Waals surface area (Å²) in [5.74, 6) is -0.639. The molecule has 0 atom stereocenters. The Balaban J connectivity index is 2.46. The van der Waals surface area contributed by atoms with Crippen LogP contribution in [0.5, 0.6) is 5.75 Å². The lowest BCUT2D eigenvalue weighted by Gasteiger charge is -2.07. The Morgan fingerprint density at radius 2 is 2.20 bits per heavy atom. The van der Waals surface area contributed by atoms with E-state index in [1.165, 1.54) is 6.08 Å². The molecule has 0 spiro atoms. The van der Waals surface area contributed by atoms with Gasteiger partial charge in [-0.2, -0.15) is 0 Å². The third-order valence-electron chi connectivity index (χ3n) is 2.50. The number of carbonyl (C=O) groups is 2. The Kier molecular flexibility index (Phi) is 6.89. The lowest BCUT2D eigenvalue weighted by atomic mass is 10.2. The Morgan fingerprint density at radius 1 is 1.40 bits per heavy atom. The second-order valence-corrected chi connectivity index (χ2v) is 4.24. The first kappa shape index (κ1) is 15.8. The summed E-state index contributed by atoms with van der Waals surface area (Å²) in [4.78, 5) is 21.9. The Morgan fingerprint density at radius 3 is 2.90 bits per heavy atom. The van der Waals surface area contributed by atoms with E-state index >= 15 is 0 Å². The number of aliphatic carboxylic acids is 1. The fourth-order valence-electron chi connectivity index (χ4n) is 1.48. The summed E-state index contributed by atoms with van der Waals surface area (Å²) < 4.78 is 5.35. The molecule has 0 radical (unpaired) electrons. The lowest BCUT2D eigenvalue weighted by molar-refractivity contribution is -0.131. The van der Waals surface area contributed by atoms with Gasteiger partial charge < -0.3 is 15.2 Å². The number of ether oxygens (including phenoxy) is 1. The van der Waals surface area contributed by atoms with Gasteiger partial charge in [0.1, 0.15) is 5.75 Å². The maximum atomic E-state index is 11.5. The topological polar surface area (TPSA) is 75.6 Å². The molecule has 0 unspecified atom stereocenters. The first-order chi connectivity index (χ1) is 9.61. The van der Waals surface area contributed by atoms with Crippen LogP contribution in [0.25, 0.3) is 6.08 Å². The van der Waals surface area contributed by atoms with E-state index in [4.69, 9.17) is 9.84 Å². The van der Waals surface area contributed by atoms with Crippen LogP contribution in [-0.2, 0) is 9.59 Å². The zero-order valence-electron chi connectivity index (χ0n) is 11.5. The highest BCUT2D eigenvalue weighted by atomic mass is 16.5. The summed E-state index contributed by atoms with van der Waals surface area (Å²) in [7, 11) is 0. The fourth-order valence-corrected chi connectivity index (χ4v) is 1.48. The molecule has 0 aliphatic heterocycles. The molecule has 0 fully saturated rings. The van der Waals surface area contributed by atoms with Crippen molar-refractivity contribution in [3.8, 4) is 5.75 Å². The number of carboxylic acid groups (broad SMARTS) is 1. The molecule has 5 nitrogen and oxygen atoms in total. The van der Waals surface area contributed by atoms with Crippen LogP contribution < -0.4 is 10.1 Å². The predicted molar refractivity (Wildman–Crippen MR) is 76.5 cm³/mol. The van der Waals surface area contributed by atoms with E-state index in [0.29, 0.717) is 17.9 Å². The van der Waals surface area contributed by atoms with Crippen molar-refractivity contribution in [1.29, 1.82) is 0 Å². The molecule has 1 amide bonds. The van der Waals surface area contributed by atoms with Gasteiger partial charge in [0, 0.05) is 12.6 Å². The molecule has 0 aliphatic rings. The minimum atomic E-state index is -1.01. The van der Waals surface area contributed by atoms with Crippen molar-refractivity contribution in [2.75, 3.05) is 13.2 Å². The fraction of sp³-hybridized carbons (Fsp3) is 0.333. The average molecular weight is 277 g/mol. The van der Waals surface area contributed by atoms with Gasteiger partial charge >= 0.3 is 5.97 Å². The maximum Gasteiger partial charge on any atom is 0.328 e. The summed E-state index contributed by atoms with van der Waals surface area (Å²) in [5, 5.41) is 11.3. The Hall–Kier alpha value is -2.30. The second kappa shape index (κ2) is 8.74. The van der Waals surface area contributed by atoms with Crippen molar-refractivity contribution in [3.63, 3.8) is 0 Å². The van der Waals surface area contributed by atoms with Crippen molar-refractivity contribution in [2.45, 2.75) is 19.8 Å². The number of carboxylic acids is 1. The summed E-state index contributed by atoms with van der Waals surface area (Å²) in [6.45, 7) is 2.66. The molecule has 5 heteroatoms. The van der Waals surface area contributed by atoms with Gasteiger partial charge in [-0.3, -0.25) is 4.79 Å². The van der Waals surface area contributed by atoms with Crippen molar-refractivity contribution in [1.82, 2.24) is 5.32 Å². The van der Waals surface area contributed by atoms with E-state index in [-0.39, 0.29) is 12.5 Å². The van der Waals surface area contributed by atoms with Gasteiger partial charge in [-0.15, -0.1) is 0 Å². The molecule has 1 rings (SSSR count). The number of unbranched alkanes of at least 4 members (excludes halogenated alkanes) is 1. The van der Waals surface area contributed by atoms with Gasteiger partial charge in [0.15, 0.2) is 6.61 Å². The molecular weight excluding hydrogens is 258 g/mol. The van der Waals surface area contributed by atoms with Crippen molar-refractivity contribution in [3.05, 3.63) is 35.9 Å². The lowest BCUT2D eigenvalue weighted by Crippen LogP contribution is -2.29. The normalized spacial score (nSPS) is 10.4. The number of rotatable bonds is 8. The summed E-state index contributed by atoms with van der Waals surface area (Å²) in [5.41, 5.74) is 0.705. The zero-order chi connectivity index (χ0) is 14.8. The number of amides is 1. The highest BCUT2D eigenvalue weighted by Gasteiger charge is 2.02. The van der Waals surface area contributed by atoms with E-state index < -0.39 is 5.97 Å². The third-order valence-corrected chi connectivity index (χ3v) is 2.50. The van der Waals surface area contributed by atoms with Crippen LogP contribution in [0, 0.1) is 0 Å². The second-order valence-electron chi connectivity index (χ2n) is 4.24. The van der Waals surface area contributed by atoms with E-state index in [9.17, 15) is 9.59 Å². The van der Waals surface area contributed by atoms with Crippen LogP contribution in [0.3, 0.4) is 0 Å². The van der Waals surface area contributed by atoms with Gasteiger partial charge in [-0.1, -0.05) is 25.5 Å². The molecule has 1 aromatic carbocycles. The monoisotopic (exact) mass is 277 g/mol. The van der Waals surface area contributed by atoms with E-state index in [0.717, 1.165) is 18.9 Å². The van der Waals surface area contributed by atoms with Crippen LogP contribution in [0.4, 0.5) is 0 Å². The first-order valence-corrected chi connectivity index (χ1v) is 6.52. The third kappa shape index (κ3) is 6.58. The number of carbonyl (C=O) groups excluding carboxylic acids is 1. The van der Waals surface area contributed by atoms with Gasteiger partial charge in [-0.05, 0) is 30.2 Å². The van der Waals surface area contributed by atoms with Crippen LogP contribution >= 0.6 is 0 Å². The van der Waals surface area contributed by atoms with E-state index in [1.807, 2.05) is 0 Å². The van der Waals surface area contributed by atoms with Crippen molar-refractivity contribution in [2.24, 2.45) is 0 Å². The minimum Gasteiger partial charge on any atom is -0.484 e. The quantitative estimate of drug-likeness (QED) is 0.563. The van der Waals surface area contributed by atoms with Crippen LogP contribution in [0.1, 0.15) is 25.3 Å². The highest BCUT2D eigenvalue weighted by Crippen LogP contribution is 2.14. The molecule has 0 heterocycles. The average Bonchev–Trinajstić information content (AvgIpc) is 2.44. The highest BCUT2D eigenvalue weighted by molar-refractivity contribution is 5.85. The summed E-state index contributed by atoms with van der Waals surface area (Å²) in [6.07, 6.45) is 4.49. The predicted octanol–water partition coefficient (Wildman–Crippen LogP) is 2.08. The largest absolute Gasteiger partial charge is 0.484 e. The maximum absolute atomic E-state index is 11.5. The van der Waals surface area contributed by atoms with Gasteiger partial charge in [0.25, 0.3) is 5.91 Å². The standard InChI is InChI=1S/C15H19NO4/c1-2-3-9-16-14(17)11-20-13-6-4-5-12(10-13)7-8-15(18)19/h4-8,10H,2-3,9,11H2,1H3,(H,16,17)(H,18,19). The molecule has 0 aromatic heterocycles. The van der Waals surface area contributed by atoms with E-state index in [1.54, 1.807) is 24.3 Å². The van der Waals surface area contributed by atoms with Crippen molar-refractivity contribution >= 4 is 18.0 Å². The van der Waals surface area contributed by atoms with Crippen LogP contribution in [-0.4, -0.2) is 30.1 Å². The minimum absolute atomic E-state index is 0.0458. The Labute approximate surface area is 118 Å². The molecule has 108 valence electrons. The molecule has 0 aliphatic carbocycles. The number of benzene rings is 1. The summed E-state index contributed by atoms with van der Waals surface area (Å²) in [6, 6.07) is 6.90. The molecular formula is C15H19NO4. The smallest absolute Gasteiger partial charge is 0.328 e. The Bertz CT molecular complexity index is 483. The number of hydrogen-bond acceptors (Lipinski definition) is 3.